The Balaban J connectivity index is 1.65. The number of hydrogen-bond acceptors (Lipinski definition) is 5. The van der Waals surface area contributed by atoms with Crippen molar-refractivity contribution in [3.8, 4) is 11.1 Å². The Kier molecular flexibility index (Phi) is 9.57. The molecule has 3 N–H and O–H groups in total. The summed E-state index contributed by atoms with van der Waals surface area (Å²) < 4.78 is 38.4. The molecule has 3 aromatic carbocycles. The Bertz CT molecular complexity index is 1480. The van der Waals surface area contributed by atoms with Crippen molar-refractivity contribution in [2.75, 3.05) is 17.7 Å². The summed E-state index contributed by atoms with van der Waals surface area (Å²) in [4.78, 5) is 39.3. The van der Waals surface area contributed by atoms with Crippen molar-refractivity contribution in [2.45, 2.75) is 65.2 Å². The first kappa shape index (κ1) is 30.6. The first-order chi connectivity index (χ1) is 20.0. The van der Waals surface area contributed by atoms with Crippen LogP contribution >= 0.6 is 0 Å². The number of methoxy groups -OCH3 is 1. The van der Waals surface area contributed by atoms with Gasteiger partial charge in [0, 0.05) is 5.69 Å². The number of anilines is 2. The molecule has 3 amide bonds. The summed E-state index contributed by atoms with van der Waals surface area (Å²) in [7, 11) is 1.22. The largest absolute Gasteiger partial charge is 0.467 e. The highest BCUT2D eigenvalue weighted by Crippen LogP contribution is 2.29. The summed E-state index contributed by atoms with van der Waals surface area (Å²) in [5, 5.41) is 8.23. The topological polar surface area (TPSA) is 106 Å². The van der Waals surface area contributed by atoms with Gasteiger partial charge in [-0.1, -0.05) is 29.8 Å². The maximum absolute atomic E-state index is 14.0. The number of halogens is 2. The second kappa shape index (κ2) is 13.1. The van der Waals surface area contributed by atoms with Gasteiger partial charge in [0.2, 0.25) is 0 Å². The fourth-order valence-corrected chi connectivity index (χ4v) is 4.95. The molecule has 8 nitrogen and oxygen atoms in total. The van der Waals surface area contributed by atoms with Crippen molar-refractivity contribution in [1.29, 1.82) is 0 Å². The summed E-state index contributed by atoms with van der Waals surface area (Å²) >= 11 is 0. The van der Waals surface area contributed by atoms with Crippen molar-refractivity contribution in [2.24, 2.45) is 0 Å². The first-order valence-corrected chi connectivity index (χ1v) is 13.8. The number of rotatable bonds is 9. The highest BCUT2D eigenvalue weighted by atomic mass is 19.2. The molecule has 3 aromatic rings. The number of nitrogens with one attached hydrogen (secondary N) is 3. The zero-order chi connectivity index (χ0) is 30.6. The van der Waals surface area contributed by atoms with Crippen LogP contribution in [-0.4, -0.2) is 43.3 Å². The quantitative estimate of drug-likeness (QED) is 0.254. The Morgan fingerprint density at radius 1 is 0.881 bits per heavy atom. The molecule has 0 spiro atoms. The molecule has 1 aliphatic carbocycles. The summed E-state index contributed by atoms with van der Waals surface area (Å²) in [6.45, 7) is 7.39. The molecule has 0 aromatic heterocycles. The van der Waals surface area contributed by atoms with E-state index in [2.05, 4.69) is 16.0 Å². The normalized spacial score (nSPS) is 14.4. The van der Waals surface area contributed by atoms with Gasteiger partial charge in [-0.25, -0.2) is 18.4 Å². The predicted octanol–water partition coefficient (Wildman–Crippen LogP) is 6.43. The van der Waals surface area contributed by atoms with Crippen LogP contribution in [-0.2, 0) is 14.3 Å². The van der Waals surface area contributed by atoms with Gasteiger partial charge in [-0.15, -0.1) is 0 Å². The van der Waals surface area contributed by atoms with E-state index < -0.39 is 41.7 Å². The number of urea groups is 1. The van der Waals surface area contributed by atoms with E-state index in [0.717, 1.165) is 48.1 Å². The zero-order valence-electron chi connectivity index (χ0n) is 24.3. The molecule has 0 radical (unpaired) electrons. The molecule has 1 unspecified atom stereocenters. The van der Waals surface area contributed by atoms with E-state index in [1.54, 1.807) is 13.0 Å². The van der Waals surface area contributed by atoms with Crippen molar-refractivity contribution < 1.29 is 32.6 Å². The lowest BCUT2D eigenvalue weighted by molar-refractivity contribution is -0.149. The predicted molar refractivity (Wildman–Crippen MR) is 157 cm³/mol. The Morgan fingerprint density at radius 2 is 1.52 bits per heavy atom. The van der Waals surface area contributed by atoms with Crippen molar-refractivity contribution in [3.63, 3.8) is 0 Å². The number of ether oxygens (including phenoxy) is 2. The van der Waals surface area contributed by atoms with E-state index in [1.165, 1.54) is 25.3 Å². The monoisotopic (exact) mass is 579 g/mol. The molecule has 0 aliphatic heterocycles. The van der Waals surface area contributed by atoms with Crippen LogP contribution in [0.15, 0.2) is 48.5 Å². The van der Waals surface area contributed by atoms with Gasteiger partial charge in [0.05, 0.1) is 30.6 Å². The van der Waals surface area contributed by atoms with E-state index in [0.29, 0.717) is 16.8 Å². The van der Waals surface area contributed by atoms with Gasteiger partial charge in [-0.2, -0.15) is 0 Å². The molecule has 2 atom stereocenters. The zero-order valence-corrected chi connectivity index (χ0v) is 24.3. The lowest BCUT2D eigenvalue weighted by Gasteiger charge is -2.32. The molecular weight excluding hydrogens is 544 g/mol. The smallest absolute Gasteiger partial charge is 0.331 e. The number of carbonyl (C=O) groups excluding carboxylic acids is 3. The summed E-state index contributed by atoms with van der Waals surface area (Å²) in [6.07, 6.45) is 2.13. The molecule has 0 saturated heterocycles. The average Bonchev–Trinajstić information content (AvgIpc) is 2.92. The molecule has 10 heteroatoms. The van der Waals surface area contributed by atoms with Gasteiger partial charge >= 0.3 is 12.0 Å². The second-order valence-corrected chi connectivity index (χ2v) is 10.6. The van der Waals surface area contributed by atoms with Crippen LogP contribution < -0.4 is 16.0 Å². The summed E-state index contributed by atoms with van der Waals surface area (Å²) in [6, 6.07) is 10.0. The maximum Gasteiger partial charge on any atom is 0.331 e. The second-order valence-electron chi connectivity index (χ2n) is 10.6. The van der Waals surface area contributed by atoms with Gasteiger partial charge in [0.15, 0.2) is 17.7 Å². The number of aryl methyl sites for hydroxylation is 3. The van der Waals surface area contributed by atoms with Crippen molar-refractivity contribution in [3.05, 3.63) is 82.4 Å². The van der Waals surface area contributed by atoms with Crippen molar-refractivity contribution >= 4 is 29.3 Å². The fourth-order valence-electron chi connectivity index (χ4n) is 4.95. The lowest BCUT2D eigenvalue weighted by atomic mass is 9.95. The van der Waals surface area contributed by atoms with E-state index in [-0.39, 0.29) is 17.4 Å². The maximum atomic E-state index is 14.0. The van der Waals surface area contributed by atoms with Crippen LogP contribution in [0.5, 0.6) is 0 Å². The Morgan fingerprint density at radius 3 is 2.12 bits per heavy atom. The molecule has 4 rings (SSSR count). The molecule has 1 fully saturated rings. The lowest BCUT2D eigenvalue weighted by Crippen LogP contribution is -2.50. The third kappa shape index (κ3) is 7.12. The number of carbonyl (C=O) groups is 3. The number of amides is 3. The number of benzene rings is 3. The van der Waals surface area contributed by atoms with Crippen LogP contribution in [0.3, 0.4) is 0 Å². The van der Waals surface area contributed by atoms with E-state index >= 15 is 0 Å². The summed E-state index contributed by atoms with van der Waals surface area (Å²) in [5.41, 5.74) is 4.28. The minimum Gasteiger partial charge on any atom is -0.467 e. The molecule has 1 saturated carbocycles. The highest BCUT2D eigenvalue weighted by molar-refractivity contribution is 6.08. The third-order valence-electron chi connectivity index (χ3n) is 7.35. The van der Waals surface area contributed by atoms with Crippen LogP contribution in [0.1, 0.15) is 53.2 Å². The van der Waals surface area contributed by atoms with E-state index in [4.69, 9.17) is 9.47 Å². The minimum absolute atomic E-state index is 0.00839. The SMILES string of the molecule is COC(=O)[C@@H](NC(=O)c1ccc(-c2ccc(F)c(F)c2)cc1NC(=O)Nc1c(C)cc(C)cc1C)C(C)OC1CCC1. The molecule has 222 valence electrons. The standard InChI is InChI=1S/C32H35F2N3O5/c1-17-13-18(2)28(19(3)14-17)37-32(40)35-27-16-22(21-10-12-25(33)26(34)15-21)9-11-24(27)30(38)36-29(31(39)41-5)20(4)42-23-7-6-8-23/h9-16,20,23,29H,6-8H2,1-5H3,(H,36,38)(H2,35,37,40)/t20?,29-/m0/s1. The Labute approximate surface area is 243 Å². The molecule has 1 aliphatic rings. The van der Waals surface area contributed by atoms with Crippen LogP contribution in [0.2, 0.25) is 0 Å². The minimum atomic E-state index is -1.10. The van der Waals surface area contributed by atoms with Crippen LogP contribution in [0.25, 0.3) is 11.1 Å². The van der Waals surface area contributed by atoms with Crippen LogP contribution in [0.4, 0.5) is 25.0 Å². The average molecular weight is 580 g/mol. The summed E-state index contributed by atoms with van der Waals surface area (Å²) in [5.74, 6) is -3.37. The van der Waals surface area contributed by atoms with Crippen molar-refractivity contribution in [1.82, 2.24) is 5.32 Å². The van der Waals surface area contributed by atoms with Gasteiger partial charge in [-0.3, -0.25) is 4.79 Å². The van der Waals surface area contributed by atoms with Crippen LogP contribution in [0, 0.1) is 32.4 Å². The van der Waals surface area contributed by atoms with E-state index in [1.807, 2.05) is 32.9 Å². The number of esters is 1. The van der Waals surface area contributed by atoms with Gasteiger partial charge in [0.25, 0.3) is 5.91 Å². The van der Waals surface area contributed by atoms with Gasteiger partial charge in [-0.05, 0) is 93.5 Å². The first-order valence-electron chi connectivity index (χ1n) is 13.8. The van der Waals surface area contributed by atoms with E-state index in [9.17, 15) is 23.2 Å². The molecule has 0 bridgehead atoms. The van der Waals surface area contributed by atoms with Gasteiger partial charge < -0.3 is 25.4 Å². The molecular formula is C32H35F2N3O5. The highest BCUT2D eigenvalue weighted by Gasteiger charge is 2.33. The molecule has 42 heavy (non-hydrogen) atoms. The Hall–Kier alpha value is -4.31. The third-order valence-corrected chi connectivity index (χ3v) is 7.35. The van der Waals surface area contributed by atoms with Gasteiger partial charge in [0.1, 0.15) is 0 Å². The molecule has 0 heterocycles. The fraction of sp³-hybridized carbons (Fsp3) is 0.344. The number of hydrogen-bond donors (Lipinski definition) is 3.